The first kappa shape index (κ1) is 18.3. The molecule has 0 aromatic heterocycles. The zero-order valence-electron chi connectivity index (χ0n) is 12.0. The van der Waals surface area contributed by atoms with Crippen LogP contribution in [0.2, 0.25) is 0 Å². The summed E-state index contributed by atoms with van der Waals surface area (Å²) in [4.78, 5) is 10.9. The largest absolute Gasteiger partial charge is 0.469 e. The highest BCUT2D eigenvalue weighted by Crippen LogP contribution is 2.13. The molecule has 0 unspecified atom stereocenters. The first-order valence-corrected chi connectivity index (χ1v) is 7.65. The first-order valence-electron chi connectivity index (χ1n) is 6.21. The summed E-state index contributed by atoms with van der Waals surface area (Å²) in [7, 11) is -1.09. The number of nitrogens with one attached hydrogen (secondary N) is 1. The van der Waals surface area contributed by atoms with E-state index in [4.69, 9.17) is 0 Å². The van der Waals surface area contributed by atoms with Crippen molar-refractivity contribution in [3.05, 3.63) is 0 Å². The van der Waals surface area contributed by atoms with Crippen molar-refractivity contribution in [2.24, 2.45) is 0 Å². The Morgan fingerprint density at radius 1 is 1.37 bits per heavy atom. The third kappa shape index (κ3) is 6.33. The van der Waals surface area contributed by atoms with Crippen LogP contribution in [-0.2, 0) is 19.7 Å². The molecule has 114 valence electrons. The van der Waals surface area contributed by atoms with Crippen LogP contribution in [0.4, 0.5) is 0 Å². The molecule has 0 saturated heterocycles. The van der Waals surface area contributed by atoms with Crippen LogP contribution in [-0.4, -0.2) is 56.6 Å². The van der Waals surface area contributed by atoms with Gasteiger partial charge in [0.25, 0.3) is 10.2 Å². The summed E-state index contributed by atoms with van der Waals surface area (Å²) in [5, 5.41) is 10.0. The predicted molar refractivity (Wildman–Crippen MR) is 71.7 cm³/mol. The molecule has 7 nitrogen and oxygen atoms in total. The lowest BCUT2D eigenvalue weighted by molar-refractivity contribution is -0.140. The second kappa shape index (κ2) is 7.78. The standard InChI is InChI=1S/C11H24N2O5S/c1-5-11(15,6-2)9-12-19(16,17)13(3)8-7-10(14)18-4/h12,15H,5-9H2,1-4H3. The monoisotopic (exact) mass is 296 g/mol. The third-order valence-corrected chi connectivity index (χ3v) is 4.68. The Morgan fingerprint density at radius 3 is 2.32 bits per heavy atom. The molecule has 0 aromatic carbocycles. The van der Waals surface area contributed by atoms with Gasteiger partial charge in [-0.3, -0.25) is 4.79 Å². The van der Waals surface area contributed by atoms with Gasteiger partial charge >= 0.3 is 5.97 Å². The predicted octanol–water partition coefficient (Wildman–Crippen LogP) is -0.133. The van der Waals surface area contributed by atoms with Gasteiger partial charge in [-0.15, -0.1) is 0 Å². The molecule has 2 N–H and O–H groups in total. The second-order valence-electron chi connectivity index (χ2n) is 4.41. The molecule has 0 aliphatic carbocycles. The van der Waals surface area contributed by atoms with Gasteiger partial charge in [-0.05, 0) is 12.8 Å². The van der Waals surface area contributed by atoms with Crippen molar-refractivity contribution < 1.29 is 23.1 Å². The number of carbonyl (C=O) groups excluding carboxylic acids is 1. The molecular weight excluding hydrogens is 272 g/mol. The fourth-order valence-corrected chi connectivity index (χ4v) is 2.31. The van der Waals surface area contributed by atoms with E-state index in [1.807, 2.05) is 0 Å². The van der Waals surface area contributed by atoms with E-state index in [0.29, 0.717) is 12.8 Å². The quantitative estimate of drug-likeness (QED) is 0.578. The molecule has 0 spiro atoms. The molecule has 8 heteroatoms. The van der Waals surface area contributed by atoms with Gasteiger partial charge in [-0.25, -0.2) is 0 Å². The minimum Gasteiger partial charge on any atom is -0.469 e. The van der Waals surface area contributed by atoms with Crippen molar-refractivity contribution in [3.63, 3.8) is 0 Å². The van der Waals surface area contributed by atoms with E-state index in [1.54, 1.807) is 13.8 Å². The highest BCUT2D eigenvalue weighted by molar-refractivity contribution is 7.87. The number of esters is 1. The van der Waals surface area contributed by atoms with Crippen molar-refractivity contribution >= 4 is 16.2 Å². The molecule has 0 amide bonds. The minimum atomic E-state index is -3.70. The van der Waals surface area contributed by atoms with Gasteiger partial charge in [0, 0.05) is 20.1 Å². The lowest BCUT2D eigenvalue weighted by Crippen LogP contribution is -2.47. The average molecular weight is 296 g/mol. The van der Waals surface area contributed by atoms with Gasteiger partial charge in [-0.2, -0.15) is 17.4 Å². The van der Waals surface area contributed by atoms with E-state index in [0.717, 1.165) is 4.31 Å². The van der Waals surface area contributed by atoms with Crippen LogP contribution in [0.5, 0.6) is 0 Å². The number of methoxy groups -OCH3 is 1. The Kier molecular flexibility index (Phi) is 7.50. The lowest BCUT2D eigenvalue weighted by Gasteiger charge is -2.26. The van der Waals surface area contributed by atoms with E-state index >= 15 is 0 Å². The molecule has 0 saturated carbocycles. The summed E-state index contributed by atoms with van der Waals surface area (Å²) in [6, 6.07) is 0. The molecule has 0 fully saturated rings. The van der Waals surface area contributed by atoms with Crippen LogP contribution in [0.25, 0.3) is 0 Å². The van der Waals surface area contributed by atoms with Crippen LogP contribution in [0.1, 0.15) is 33.1 Å². The van der Waals surface area contributed by atoms with Gasteiger partial charge in [0.1, 0.15) is 0 Å². The lowest BCUT2D eigenvalue weighted by atomic mass is 9.98. The Balaban J connectivity index is 4.42. The van der Waals surface area contributed by atoms with Crippen molar-refractivity contribution in [2.75, 3.05) is 27.2 Å². The van der Waals surface area contributed by atoms with E-state index in [-0.39, 0.29) is 19.5 Å². The van der Waals surface area contributed by atoms with E-state index in [9.17, 15) is 18.3 Å². The van der Waals surface area contributed by atoms with Crippen molar-refractivity contribution in [3.8, 4) is 0 Å². The molecule has 0 rings (SSSR count). The van der Waals surface area contributed by atoms with Crippen molar-refractivity contribution in [2.45, 2.75) is 38.7 Å². The van der Waals surface area contributed by atoms with E-state index < -0.39 is 21.8 Å². The molecular formula is C11H24N2O5S. The van der Waals surface area contributed by atoms with Gasteiger partial charge in [-0.1, -0.05) is 13.8 Å². The maximum atomic E-state index is 11.9. The zero-order chi connectivity index (χ0) is 15.1. The summed E-state index contributed by atoms with van der Waals surface area (Å²) in [5.41, 5.74) is -1.05. The molecule has 0 aliphatic heterocycles. The van der Waals surface area contributed by atoms with Gasteiger partial charge in [0.05, 0.1) is 19.1 Å². The van der Waals surface area contributed by atoms with Gasteiger partial charge in [0.2, 0.25) is 0 Å². The van der Waals surface area contributed by atoms with Crippen molar-refractivity contribution in [1.82, 2.24) is 9.03 Å². The number of aliphatic hydroxyl groups is 1. The van der Waals surface area contributed by atoms with Crippen LogP contribution in [0.3, 0.4) is 0 Å². The van der Waals surface area contributed by atoms with E-state index in [2.05, 4.69) is 9.46 Å². The number of rotatable bonds is 9. The van der Waals surface area contributed by atoms with Gasteiger partial charge < -0.3 is 9.84 Å². The van der Waals surface area contributed by atoms with Crippen LogP contribution < -0.4 is 4.72 Å². The van der Waals surface area contributed by atoms with Crippen LogP contribution >= 0.6 is 0 Å². The first-order chi connectivity index (χ1) is 8.70. The fourth-order valence-electron chi connectivity index (χ4n) is 1.31. The minimum absolute atomic E-state index is 0.0142. The van der Waals surface area contributed by atoms with E-state index in [1.165, 1.54) is 14.2 Å². The summed E-state index contributed by atoms with van der Waals surface area (Å²) in [5.74, 6) is -0.472. The highest BCUT2D eigenvalue weighted by atomic mass is 32.2. The Bertz CT molecular complexity index is 379. The van der Waals surface area contributed by atoms with Gasteiger partial charge in [0.15, 0.2) is 0 Å². The third-order valence-electron chi connectivity index (χ3n) is 3.17. The summed E-state index contributed by atoms with van der Waals surface area (Å²) in [6.45, 7) is 3.56. The smallest absolute Gasteiger partial charge is 0.306 e. The number of hydrogen-bond donors (Lipinski definition) is 2. The number of nitrogens with zero attached hydrogens (tertiary/aromatic N) is 1. The molecule has 0 aromatic rings. The summed E-state index contributed by atoms with van der Waals surface area (Å²) < 4.78 is 31.5. The molecule has 0 atom stereocenters. The van der Waals surface area contributed by atoms with Crippen LogP contribution in [0.15, 0.2) is 0 Å². The number of carbonyl (C=O) groups is 1. The highest BCUT2D eigenvalue weighted by Gasteiger charge is 2.26. The van der Waals surface area contributed by atoms with Crippen LogP contribution in [0, 0.1) is 0 Å². The number of ether oxygens (including phenoxy) is 1. The Labute approximate surface area is 115 Å². The maximum Gasteiger partial charge on any atom is 0.306 e. The molecule has 19 heavy (non-hydrogen) atoms. The molecule has 0 radical (unpaired) electrons. The maximum absolute atomic E-state index is 11.9. The zero-order valence-corrected chi connectivity index (χ0v) is 12.8. The SMILES string of the molecule is CCC(O)(CC)CNS(=O)(=O)N(C)CCC(=O)OC. The Hall–Kier alpha value is -0.700. The number of hydrogen-bond acceptors (Lipinski definition) is 5. The molecule has 0 heterocycles. The Morgan fingerprint density at radius 2 is 1.89 bits per heavy atom. The topological polar surface area (TPSA) is 95.9 Å². The average Bonchev–Trinajstić information content (AvgIpc) is 2.41. The summed E-state index contributed by atoms with van der Waals surface area (Å²) in [6.07, 6.45) is 0.898. The molecule has 0 aliphatic rings. The fraction of sp³-hybridized carbons (Fsp3) is 0.909. The van der Waals surface area contributed by atoms with Crippen molar-refractivity contribution in [1.29, 1.82) is 0 Å². The normalized spacial score (nSPS) is 12.7. The summed E-state index contributed by atoms with van der Waals surface area (Å²) >= 11 is 0. The molecule has 0 bridgehead atoms. The second-order valence-corrected chi connectivity index (χ2v) is 6.27.